The largest absolute Gasteiger partial charge is 0.463 e. The first-order chi connectivity index (χ1) is 12.0. The lowest BCUT2D eigenvalue weighted by molar-refractivity contribution is -0.137. The maximum atomic E-state index is 12.1. The Hall–Kier alpha value is -3.21. The predicted molar refractivity (Wildman–Crippen MR) is 96.2 cm³/mol. The Morgan fingerprint density at radius 2 is 1.64 bits per heavy atom. The quantitative estimate of drug-likeness (QED) is 0.379. The molecule has 2 rings (SSSR count). The maximum Gasteiger partial charge on any atom is 0.330 e. The standard InChI is InChI=1S/C20H19NO4/c1-3-25-18(22)13-8-15-6-11-17(12-7-15)21-20(24)19(23)16-9-4-14(2)5-10-16/h4-13H,3H2,1-2H3,(H,21,24)/b13-8+. The average Bonchev–Trinajstić information content (AvgIpc) is 2.61. The zero-order valence-electron chi connectivity index (χ0n) is 14.1. The number of nitrogens with one attached hydrogen (secondary N) is 1. The molecule has 2 aromatic rings. The Morgan fingerprint density at radius 3 is 2.24 bits per heavy atom. The number of esters is 1. The number of Topliss-reactive ketones (excluding diaryl/α,β-unsaturated/α-hetero) is 1. The summed E-state index contributed by atoms with van der Waals surface area (Å²) in [6.07, 6.45) is 2.94. The van der Waals surface area contributed by atoms with Crippen molar-refractivity contribution in [3.05, 3.63) is 71.3 Å². The maximum absolute atomic E-state index is 12.1. The highest BCUT2D eigenvalue weighted by Crippen LogP contribution is 2.12. The summed E-state index contributed by atoms with van der Waals surface area (Å²) in [6, 6.07) is 13.6. The molecule has 0 bridgehead atoms. The average molecular weight is 337 g/mol. The fraction of sp³-hybridized carbons (Fsp3) is 0.150. The molecule has 0 atom stereocenters. The normalized spacial score (nSPS) is 10.5. The second-order valence-electron chi connectivity index (χ2n) is 5.36. The van der Waals surface area contributed by atoms with Gasteiger partial charge in [-0.25, -0.2) is 4.79 Å². The number of aryl methyl sites for hydroxylation is 1. The molecule has 0 radical (unpaired) electrons. The molecule has 128 valence electrons. The van der Waals surface area contributed by atoms with Gasteiger partial charge in [-0.3, -0.25) is 9.59 Å². The second kappa shape index (κ2) is 8.59. The van der Waals surface area contributed by atoms with E-state index in [2.05, 4.69) is 5.32 Å². The lowest BCUT2D eigenvalue weighted by atomic mass is 10.1. The third-order valence-corrected chi connectivity index (χ3v) is 3.39. The van der Waals surface area contributed by atoms with Crippen molar-refractivity contribution in [2.24, 2.45) is 0 Å². The van der Waals surface area contributed by atoms with Gasteiger partial charge in [0.05, 0.1) is 6.61 Å². The molecule has 5 nitrogen and oxygen atoms in total. The van der Waals surface area contributed by atoms with Crippen molar-refractivity contribution in [2.45, 2.75) is 13.8 Å². The second-order valence-corrected chi connectivity index (χ2v) is 5.36. The van der Waals surface area contributed by atoms with Crippen molar-refractivity contribution < 1.29 is 19.1 Å². The van der Waals surface area contributed by atoms with Gasteiger partial charge in [0.1, 0.15) is 0 Å². The minimum Gasteiger partial charge on any atom is -0.463 e. The molecule has 0 saturated heterocycles. The van der Waals surface area contributed by atoms with Crippen molar-refractivity contribution in [1.29, 1.82) is 0 Å². The van der Waals surface area contributed by atoms with Crippen LogP contribution >= 0.6 is 0 Å². The SMILES string of the molecule is CCOC(=O)/C=C/c1ccc(NC(=O)C(=O)c2ccc(C)cc2)cc1. The van der Waals surface area contributed by atoms with Crippen molar-refractivity contribution >= 4 is 29.4 Å². The number of ketones is 1. The number of benzene rings is 2. The van der Waals surface area contributed by atoms with E-state index in [0.717, 1.165) is 11.1 Å². The van der Waals surface area contributed by atoms with Crippen molar-refractivity contribution in [1.82, 2.24) is 0 Å². The number of carbonyl (C=O) groups is 3. The molecule has 1 amide bonds. The molecule has 0 aromatic heterocycles. The molecular weight excluding hydrogens is 318 g/mol. The van der Waals surface area contributed by atoms with Crippen molar-refractivity contribution in [3.8, 4) is 0 Å². The van der Waals surface area contributed by atoms with E-state index in [1.807, 2.05) is 6.92 Å². The monoisotopic (exact) mass is 337 g/mol. The topological polar surface area (TPSA) is 72.5 Å². The number of hydrogen-bond donors (Lipinski definition) is 1. The summed E-state index contributed by atoms with van der Waals surface area (Å²) in [5.41, 5.74) is 2.63. The zero-order chi connectivity index (χ0) is 18.2. The van der Waals surface area contributed by atoms with Crippen LogP contribution in [0.1, 0.15) is 28.4 Å². The van der Waals surface area contributed by atoms with Gasteiger partial charge in [-0.1, -0.05) is 42.0 Å². The molecule has 5 heteroatoms. The third kappa shape index (κ3) is 5.42. The molecule has 0 aliphatic rings. The molecule has 0 saturated carbocycles. The van der Waals surface area contributed by atoms with Gasteiger partial charge in [0, 0.05) is 17.3 Å². The number of amides is 1. The van der Waals surface area contributed by atoms with Crippen LogP contribution in [0.4, 0.5) is 5.69 Å². The van der Waals surface area contributed by atoms with Crippen LogP contribution in [-0.4, -0.2) is 24.3 Å². The van der Waals surface area contributed by atoms with Crippen molar-refractivity contribution in [2.75, 3.05) is 11.9 Å². The third-order valence-electron chi connectivity index (χ3n) is 3.39. The smallest absolute Gasteiger partial charge is 0.330 e. The summed E-state index contributed by atoms with van der Waals surface area (Å²) in [7, 11) is 0. The van der Waals surface area contributed by atoms with Gasteiger partial charge in [0.2, 0.25) is 0 Å². The van der Waals surface area contributed by atoms with Crippen LogP contribution in [0.3, 0.4) is 0 Å². The van der Waals surface area contributed by atoms with E-state index in [4.69, 9.17) is 4.74 Å². The molecule has 0 unspecified atom stereocenters. The van der Waals surface area contributed by atoms with Crippen molar-refractivity contribution in [3.63, 3.8) is 0 Å². The minimum atomic E-state index is -0.696. The fourth-order valence-electron chi connectivity index (χ4n) is 2.06. The Morgan fingerprint density at radius 1 is 1.00 bits per heavy atom. The van der Waals surface area contributed by atoms with Crippen LogP contribution in [0.25, 0.3) is 6.08 Å². The van der Waals surface area contributed by atoms with E-state index in [1.165, 1.54) is 6.08 Å². The van der Waals surface area contributed by atoms with E-state index in [9.17, 15) is 14.4 Å². The van der Waals surface area contributed by atoms with E-state index in [1.54, 1.807) is 61.5 Å². The number of anilines is 1. The zero-order valence-corrected chi connectivity index (χ0v) is 14.1. The van der Waals surface area contributed by atoms with E-state index < -0.39 is 17.7 Å². The van der Waals surface area contributed by atoms with Gasteiger partial charge in [-0.05, 0) is 37.6 Å². The van der Waals surface area contributed by atoms with E-state index in [0.29, 0.717) is 17.9 Å². The number of rotatable bonds is 6. The van der Waals surface area contributed by atoms with Crippen LogP contribution in [-0.2, 0) is 14.3 Å². The molecular formula is C20H19NO4. The summed E-state index contributed by atoms with van der Waals surface area (Å²) >= 11 is 0. The van der Waals surface area contributed by atoms with Gasteiger partial charge >= 0.3 is 5.97 Å². The van der Waals surface area contributed by atoms with E-state index in [-0.39, 0.29) is 0 Å². The predicted octanol–water partition coefficient (Wildman–Crippen LogP) is 3.39. The first-order valence-electron chi connectivity index (χ1n) is 7.87. The summed E-state index contributed by atoms with van der Waals surface area (Å²) < 4.78 is 4.80. The minimum absolute atomic E-state index is 0.323. The van der Waals surface area contributed by atoms with Crippen LogP contribution < -0.4 is 5.32 Å². The molecule has 25 heavy (non-hydrogen) atoms. The van der Waals surface area contributed by atoms with Crippen LogP contribution in [0.2, 0.25) is 0 Å². The molecule has 2 aromatic carbocycles. The van der Waals surface area contributed by atoms with Gasteiger partial charge in [0.15, 0.2) is 0 Å². The van der Waals surface area contributed by atoms with Gasteiger partial charge < -0.3 is 10.1 Å². The van der Waals surface area contributed by atoms with E-state index >= 15 is 0 Å². The first-order valence-corrected chi connectivity index (χ1v) is 7.87. The highest BCUT2D eigenvalue weighted by atomic mass is 16.5. The summed E-state index contributed by atoms with van der Waals surface area (Å²) in [4.78, 5) is 35.4. The number of ether oxygens (including phenoxy) is 1. The van der Waals surface area contributed by atoms with Crippen LogP contribution in [0, 0.1) is 6.92 Å². The summed E-state index contributed by atoms with van der Waals surface area (Å²) in [5, 5.41) is 2.56. The number of carbonyl (C=O) groups excluding carboxylic acids is 3. The molecule has 0 aliphatic heterocycles. The fourth-order valence-corrected chi connectivity index (χ4v) is 2.06. The molecule has 0 fully saturated rings. The lowest BCUT2D eigenvalue weighted by Crippen LogP contribution is -2.22. The molecule has 0 spiro atoms. The first kappa shape index (κ1) is 18.1. The Labute approximate surface area is 146 Å². The highest BCUT2D eigenvalue weighted by Gasteiger charge is 2.15. The van der Waals surface area contributed by atoms with Gasteiger partial charge in [0.25, 0.3) is 11.7 Å². The lowest BCUT2D eigenvalue weighted by Gasteiger charge is -2.05. The molecule has 0 aliphatic carbocycles. The summed E-state index contributed by atoms with van der Waals surface area (Å²) in [5.74, 6) is -1.70. The van der Waals surface area contributed by atoms with Crippen LogP contribution in [0.15, 0.2) is 54.6 Å². The van der Waals surface area contributed by atoms with Gasteiger partial charge in [-0.15, -0.1) is 0 Å². The van der Waals surface area contributed by atoms with Gasteiger partial charge in [-0.2, -0.15) is 0 Å². The number of hydrogen-bond acceptors (Lipinski definition) is 4. The highest BCUT2D eigenvalue weighted by molar-refractivity contribution is 6.46. The Kier molecular flexibility index (Phi) is 6.23. The Balaban J connectivity index is 1.98. The molecule has 0 heterocycles. The molecule has 1 N–H and O–H groups in total. The summed E-state index contributed by atoms with van der Waals surface area (Å²) in [6.45, 7) is 3.97. The Bertz CT molecular complexity index is 789. The van der Waals surface area contributed by atoms with Crippen LogP contribution in [0.5, 0.6) is 0 Å².